The van der Waals surface area contributed by atoms with E-state index in [0.717, 1.165) is 6.54 Å². The molecule has 0 aliphatic carbocycles. The van der Waals surface area contributed by atoms with Gasteiger partial charge < -0.3 is 4.42 Å². The monoisotopic (exact) mass is 399 g/mol. The van der Waals surface area contributed by atoms with E-state index in [2.05, 4.69) is 23.8 Å². The second-order valence-electron chi connectivity index (χ2n) is 7.04. The standard InChI is InChI=1S/C17H22FN3O3S2/c1-12(2)9-20(15-7-8-26(22,23)10-15)11-21-17(25)24-16(19-21)13-3-5-14(18)6-4-13/h3-6,12,15H,7-11H2,1-2H3/t15-/m1/s1. The Morgan fingerprint density at radius 3 is 2.65 bits per heavy atom. The molecule has 0 saturated carbocycles. The fraction of sp³-hybridized carbons (Fsp3) is 0.529. The van der Waals surface area contributed by atoms with Crippen molar-refractivity contribution in [1.29, 1.82) is 0 Å². The van der Waals surface area contributed by atoms with Gasteiger partial charge in [0, 0.05) is 18.2 Å². The van der Waals surface area contributed by atoms with E-state index in [0.29, 0.717) is 30.5 Å². The molecule has 1 fully saturated rings. The van der Waals surface area contributed by atoms with Crippen LogP contribution in [0.1, 0.15) is 20.3 Å². The Morgan fingerprint density at radius 2 is 2.08 bits per heavy atom. The van der Waals surface area contributed by atoms with Gasteiger partial charge in [-0.05, 0) is 48.8 Å². The molecule has 0 radical (unpaired) electrons. The first-order valence-corrected chi connectivity index (χ1v) is 10.7. The van der Waals surface area contributed by atoms with E-state index in [1.807, 2.05) is 0 Å². The molecule has 9 heteroatoms. The SMILES string of the molecule is CC(C)CN(Cn1nc(-c2ccc(F)cc2)oc1=S)[C@@H]1CCS(=O)(=O)C1. The maximum Gasteiger partial charge on any atom is 0.288 e. The smallest absolute Gasteiger partial charge is 0.288 e. The minimum atomic E-state index is -2.98. The molecule has 0 unspecified atom stereocenters. The summed E-state index contributed by atoms with van der Waals surface area (Å²) in [5.74, 6) is 0.735. The minimum absolute atomic E-state index is 0.0460. The lowest BCUT2D eigenvalue weighted by molar-refractivity contribution is 0.136. The van der Waals surface area contributed by atoms with Gasteiger partial charge in [-0.1, -0.05) is 13.8 Å². The molecule has 1 aliphatic heterocycles. The average Bonchev–Trinajstić information content (AvgIpc) is 3.10. The third kappa shape index (κ3) is 4.57. The molecular formula is C17H22FN3O3S2. The number of halogens is 1. The van der Waals surface area contributed by atoms with Crippen LogP contribution in [-0.2, 0) is 16.5 Å². The van der Waals surface area contributed by atoms with Crippen molar-refractivity contribution in [3.63, 3.8) is 0 Å². The summed E-state index contributed by atoms with van der Waals surface area (Å²) >= 11 is 5.27. The van der Waals surface area contributed by atoms with Gasteiger partial charge in [0.2, 0.25) is 5.89 Å². The lowest BCUT2D eigenvalue weighted by Gasteiger charge is -2.29. The van der Waals surface area contributed by atoms with Crippen molar-refractivity contribution in [2.24, 2.45) is 5.92 Å². The van der Waals surface area contributed by atoms with Gasteiger partial charge in [-0.25, -0.2) is 17.5 Å². The van der Waals surface area contributed by atoms with Gasteiger partial charge in [-0.2, -0.15) is 0 Å². The van der Waals surface area contributed by atoms with Crippen molar-refractivity contribution in [2.45, 2.75) is 33.0 Å². The Labute approximate surface area is 157 Å². The van der Waals surface area contributed by atoms with E-state index in [9.17, 15) is 12.8 Å². The zero-order valence-electron chi connectivity index (χ0n) is 14.8. The van der Waals surface area contributed by atoms with Crippen molar-refractivity contribution in [3.8, 4) is 11.5 Å². The summed E-state index contributed by atoms with van der Waals surface area (Å²) < 4.78 is 43.9. The van der Waals surface area contributed by atoms with E-state index in [-0.39, 0.29) is 28.2 Å². The number of hydrogen-bond donors (Lipinski definition) is 0. The number of hydrogen-bond acceptors (Lipinski definition) is 6. The van der Waals surface area contributed by atoms with Crippen molar-refractivity contribution >= 4 is 22.1 Å². The van der Waals surface area contributed by atoms with Gasteiger partial charge in [-0.15, -0.1) is 5.10 Å². The highest BCUT2D eigenvalue weighted by molar-refractivity contribution is 7.91. The molecule has 142 valence electrons. The highest BCUT2D eigenvalue weighted by atomic mass is 32.2. The van der Waals surface area contributed by atoms with Crippen LogP contribution >= 0.6 is 12.2 Å². The first kappa shape index (κ1) is 19.2. The highest BCUT2D eigenvalue weighted by Crippen LogP contribution is 2.22. The fourth-order valence-electron chi connectivity index (χ4n) is 3.13. The van der Waals surface area contributed by atoms with Gasteiger partial charge in [0.25, 0.3) is 4.84 Å². The van der Waals surface area contributed by atoms with Crippen LogP contribution in [0.15, 0.2) is 28.7 Å². The second kappa shape index (κ2) is 7.58. The third-order valence-electron chi connectivity index (χ3n) is 4.34. The molecule has 0 N–H and O–H groups in total. The number of benzene rings is 1. The van der Waals surface area contributed by atoms with Crippen LogP contribution in [0.2, 0.25) is 0 Å². The van der Waals surface area contributed by atoms with Gasteiger partial charge in [0.1, 0.15) is 5.82 Å². The molecule has 6 nitrogen and oxygen atoms in total. The first-order valence-electron chi connectivity index (χ1n) is 8.52. The summed E-state index contributed by atoms with van der Waals surface area (Å²) in [6, 6.07) is 5.78. The van der Waals surface area contributed by atoms with Crippen molar-refractivity contribution in [2.75, 3.05) is 18.1 Å². The Morgan fingerprint density at radius 1 is 1.38 bits per heavy atom. The molecule has 26 heavy (non-hydrogen) atoms. The van der Waals surface area contributed by atoms with E-state index >= 15 is 0 Å². The van der Waals surface area contributed by atoms with Crippen LogP contribution in [0.5, 0.6) is 0 Å². The van der Waals surface area contributed by atoms with Crippen LogP contribution in [0.25, 0.3) is 11.5 Å². The Kier molecular flexibility index (Phi) is 5.59. The average molecular weight is 400 g/mol. The van der Waals surface area contributed by atoms with Gasteiger partial charge in [0.15, 0.2) is 9.84 Å². The number of sulfone groups is 1. The Hall–Kier alpha value is -1.58. The lowest BCUT2D eigenvalue weighted by Crippen LogP contribution is -2.40. The van der Waals surface area contributed by atoms with E-state index in [1.54, 1.807) is 16.8 Å². The van der Waals surface area contributed by atoms with E-state index in [4.69, 9.17) is 16.6 Å². The normalized spacial score (nSPS) is 19.5. The quantitative estimate of drug-likeness (QED) is 0.695. The summed E-state index contributed by atoms with van der Waals surface area (Å²) in [6.45, 7) is 5.27. The van der Waals surface area contributed by atoms with E-state index < -0.39 is 9.84 Å². The maximum atomic E-state index is 13.1. The Bertz CT molecular complexity index is 919. The molecule has 1 atom stereocenters. The highest BCUT2D eigenvalue weighted by Gasteiger charge is 2.33. The summed E-state index contributed by atoms with van der Waals surface area (Å²) in [6.07, 6.45) is 0.616. The Balaban J connectivity index is 1.82. The van der Waals surface area contributed by atoms with Crippen LogP contribution in [0.4, 0.5) is 4.39 Å². The molecule has 2 heterocycles. The fourth-order valence-corrected chi connectivity index (χ4v) is 5.07. The third-order valence-corrected chi connectivity index (χ3v) is 6.38. The molecule has 1 aliphatic rings. The zero-order chi connectivity index (χ0) is 18.9. The van der Waals surface area contributed by atoms with E-state index in [1.165, 1.54) is 12.1 Å². The predicted molar refractivity (Wildman–Crippen MR) is 99.3 cm³/mol. The molecule has 1 saturated heterocycles. The maximum absolute atomic E-state index is 13.1. The number of rotatable bonds is 6. The largest absolute Gasteiger partial charge is 0.409 e. The summed E-state index contributed by atoms with van der Waals surface area (Å²) in [5.41, 5.74) is 0.634. The van der Waals surface area contributed by atoms with Crippen molar-refractivity contribution in [3.05, 3.63) is 34.9 Å². The molecule has 0 bridgehead atoms. The molecule has 2 aromatic rings. The minimum Gasteiger partial charge on any atom is -0.409 e. The molecule has 3 rings (SSSR count). The van der Waals surface area contributed by atoms with Crippen LogP contribution < -0.4 is 0 Å². The van der Waals surface area contributed by atoms with Crippen LogP contribution in [0.3, 0.4) is 0 Å². The predicted octanol–water partition coefficient (Wildman–Crippen LogP) is 3.11. The van der Waals surface area contributed by atoms with Gasteiger partial charge in [0.05, 0.1) is 18.2 Å². The van der Waals surface area contributed by atoms with Crippen molar-refractivity contribution < 1.29 is 17.2 Å². The number of aromatic nitrogens is 2. The summed E-state index contributed by atoms with van der Waals surface area (Å²) in [7, 11) is -2.98. The molecule has 0 spiro atoms. The second-order valence-corrected chi connectivity index (χ2v) is 9.62. The zero-order valence-corrected chi connectivity index (χ0v) is 16.4. The van der Waals surface area contributed by atoms with Crippen LogP contribution in [0, 0.1) is 16.6 Å². The molecule has 0 amide bonds. The summed E-state index contributed by atoms with van der Waals surface area (Å²) in [5, 5.41) is 4.40. The molecule has 1 aromatic carbocycles. The van der Waals surface area contributed by atoms with Gasteiger partial charge in [-0.3, -0.25) is 4.90 Å². The number of nitrogens with zero attached hydrogens (tertiary/aromatic N) is 3. The van der Waals surface area contributed by atoms with Crippen molar-refractivity contribution in [1.82, 2.24) is 14.7 Å². The molecular weight excluding hydrogens is 377 g/mol. The first-order chi connectivity index (χ1) is 12.2. The topological polar surface area (TPSA) is 68.3 Å². The lowest BCUT2D eigenvalue weighted by atomic mass is 10.1. The molecule has 1 aromatic heterocycles. The van der Waals surface area contributed by atoms with Gasteiger partial charge >= 0.3 is 0 Å². The van der Waals surface area contributed by atoms with Crippen LogP contribution in [-0.4, -0.2) is 47.2 Å². The summed E-state index contributed by atoms with van der Waals surface area (Å²) in [4.78, 5) is 2.31.